The molecule has 3 aromatic rings. The Balaban J connectivity index is 1.96. The number of benzene rings is 2. The maximum atomic E-state index is 12.5. The van der Waals surface area contributed by atoms with Gasteiger partial charge in [0.2, 0.25) is 0 Å². The summed E-state index contributed by atoms with van der Waals surface area (Å²) >= 11 is 1.05. The average Bonchev–Trinajstić information content (AvgIpc) is 3.01. The minimum absolute atomic E-state index is 0.190. The minimum Gasteiger partial charge on any atom is -0.388 e. The molecule has 1 aromatic heterocycles. The van der Waals surface area contributed by atoms with Crippen molar-refractivity contribution in [2.24, 2.45) is 7.05 Å². The normalized spacial score (nSPS) is 10.7. The Hall–Kier alpha value is -3.04. The summed E-state index contributed by atoms with van der Waals surface area (Å²) in [6, 6.07) is 12.9. The van der Waals surface area contributed by atoms with Gasteiger partial charge in [0.05, 0.1) is 9.82 Å². The van der Waals surface area contributed by atoms with Crippen LogP contribution in [0.5, 0.6) is 0 Å². The molecule has 0 unspecified atom stereocenters. The molecule has 0 radical (unpaired) electrons. The molecule has 0 saturated carbocycles. The van der Waals surface area contributed by atoms with Crippen LogP contribution < -0.4 is 0 Å². The van der Waals surface area contributed by atoms with Crippen molar-refractivity contribution in [3.8, 4) is 0 Å². The summed E-state index contributed by atoms with van der Waals surface area (Å²) in [5, 5.41) is 28.8. The second-order valence-electron chi connectivity index (χ2n) is 5.35. The van der Waals surface area contributed by atoms with Crippen LogP contribution in [0.15, 0.2) is 58.6 Å². The van der Waals surface area contributed by atoms with Crippen LogP contribution in [0, 0.1) is 10.1 Å². The zero-order valence-corrected chi connectivity index (χ0v) is 14.5. The Morgan fingerprint density at radius 3 is 2.54 bits per heavy atom. The first-order valence-electron chi connectivity index (χ1n) is 7.56. The number of carbonyl (C=O) groups is 1. The van der Waals surface area contributed by atoms with Gasteiger partial charge in [-0.1, -0.05) is 30.3 Å². The summed E-state index contributed by atoms with van der Waals surface area (Å²) in [5.41, 5.74) is 0.509. The van der Waals surface area contributed by atoms with Crippen molar-refractivity contribution in [2.75, 3.05) is 0 Å². The van der Waals surface area contributed by atoms with E-state index in [0.29, 0.717) is 21.4 Å². The van der Waals surface area contributed by atoms with Crippen molar-refractivity contribution in [3.63, 3.8) is 0 Å². The minimum atomic E-state index is -0.534. The van der Waals surface area contributed by atoms with Crippen LogP contribution in [-0.2, 0) is 13.7 Å². The van der Waals surface area contributed by atoms with Crippen LogP contribution in [0.25, 0.3) is 0 Å². The van der Waals surface area contributed by atoms with Crippen LogP contribution in [0.3, 0.4) is 0 Å². The molecule has 3 rings (SSSR count). The van der Waals surface area contributed by atoms with Gasteiger partial charge >= 0.3 is 0 Å². The molecule has 0 aliphatic carbocycles. The predicted octanol–water partition coefficient (Wildman–Crippen LogP) is 2.60. The Morgan fingerprint density at radius 1 is 1.19 bits per heavy atom. The van der Waals surface area contributed by atoms with Gasteiger partial charge in [-0.15, -0.1) is 10.2 Å². The highest BCUT2D eigenvalue weighted by Crippen LogP contribution is 2.35. The van der Waals surface area contributed by atoms with Gasteiger partial charge in [0.15, 0.2) is 16.8 Å². The van der Waals surface area contributed by atoms with E-state index in [-0.39, 0.29) is 23.6 Å². The van der Waals surface area contributed by atoms with E-state index in [1.165, 1.54) is 12.1 Å². The lowest BCUT2D eigenvalue weighted by atomic mass is 10.0. The third-order valence-electron chi connectivity index (χ3n) is 3.72. The van der Waals surface area contributed by atoms with Gasteiger partial charge in [-0.3, -0.25) is 14.9 Å². The number of ketones is 1. The van der Waals surface area contributed by atoms with Crippen molar-refractivity contribution >= 4 is 23.2 Å². The highest BCUT2D eigenvalue weighted by Gasteiger charge is 2.21. The molecule has 2 aromatic carbocycles. The van der Waals surface area contributed by atoms with Gasteiger partial charge in [0.1, 0.15) is 6.61 Å². The van der Waals surface area contributed by atoms with Gasteiger partial charge in [0, 0.05) is 24.2 Å². The number of nitro groups is 1. The molecule has 9 heteroatoms. The molecule has 0 spiro atoms. The first-order valence-corrected chi connectivity index (χ1v) is 8.38. The van der Waals surface area contributed by atoms with Crippen molar-refractivity contribution < 1.29 is 14.8 Å². The molecule has 0 atom stereocenters. The first kappa shape index (κ1) is 17.8. The molecule has 0 bridgehead atoms. The molecule has 0 amide bonds. The lowest BCUT2D eigenvalue weighted by Crippen LogP contribution is -2.03. The van der Waals surface area contributed by atoms with Gasteiger partial charge in [-0.25, -0.2) is 0 Å². The topological polar surface area (TPSA) is 111 Å². The number of hydrogen-bond donors (Lipinski definition) is 1. The molecule has 8 nitrogen and oxygen atoms in total. The maximum absolute atomic E-state index is 12.5. The number of aliphatic hydroxyl groups excluding tert-OH is 1. The zero-order chi connectivity index (χ0) is 18.7. The summed E-state index contributed by atoms with van der Waals surface area (Å²) in [7, 11) is 1.66. The average molecular weight is 370 g/mol. The van der Waals surface area contributed by atoms with Crippen molar-refractivity contribution in [1.29, 1.82) is 0 Å². The Morgan fingerprint density at radius 2 is 1.92 bits per heavy atom. The Bertz CT molecular complexity index is 972. The highest BCUT2D eigenvalue weighted by atomic mass is 32.2. The van der Waals surface area contributed by atoms with Gasteiger partial charge < -0.3 is 9.67 Å². The van der Waals surface area contributed by atoms with Crippen molar-refractivity contribution in [3.05, 3.63) is 75.6 Å². The molecule has 26 heavy (non-hydrogen) atoms. The quantitative estimate of drug-likeness (QED) is 0.403. The number of aliphatic hydroxyl groups is 1. The lowest BCUT2D eigenvalue weighted by molar-refractivity contribution is -0.387. The summed E-state index contributed by atoms with van der Waals surface area (Å²) in [6.07, 6.45) is 0. The van der Waals surface area contributed by atoms with Gasteiger partial charge in [-0.05, 0) is 23.9 Å². The van der Waals surface area contributed by atoms with Crippen LogP contribution in [-0.4, -0.2) is 30.6 Å². The van der Waals surface area contributed by atoms with E-state index in [9.17, 15) is 14.9 Å². The fourth-order valence-electron chi connectivity index (χ4n) is 2.31. The SMILES string of the molecule is Cn1c(CO)nnc1Sc1ccc(C(=O)c2ccccc2)cc1[N+](=O)[O-]. The third kappa shape index (κ3) is 3.48. The fraction of sp³-hybridized carbons (Fsp3) is 0.118. The fourth-order valence-corrected chi connectivity index (χ4v) is 3.21. The molecular weight excluding hydrogens is 356 g/mol. The number of nitro benzene ring substituents is 1. The third-order valence-corrected chi connectivity index (χ3v) is 4.82. The smallest absolute Gasteiger partial charge is 0.284 e. The molecule has 0 aliphatic rings. The summed E-state index contributed by atoms with van der Waals surface area (Å²) in [5.74, 6) is 0.0671. The Labute approximate surface area is 152 Å². The van der Waals surface area contributed by atoms with E-state index in [1.807, 2.05) is 0 Å². The number of hydrogen-bond acceptors (Lipinski definition) is 7. The summed E-state index contributed by atoms with van der Waals surface area (Å²) in [6.45, 7) is -0.281. The number of aromatic nitrogens is 3. The maximum Gasteiger partial charge on any atom is 0.284 e. The highest BCUT2D eigenvalue weighted by molar-refractivity contribution is 7.99. The summed E-state index contributed by atoms with van der Waals surface area (Å²) in [4.78, 5) is 23.8. The molecular formula is C17H14N4O4S. The number of carbonyl (C=O) groups excluding carboxylic acids is 1. The standard InChI is InChI=1S/C17H14N4O4S/c1-20-15(10-22)18-19-17(20)26-14-8-7-12(9-13(14)21(24)25)16(23)11-5-3-2-4-6-11/h2-9,22H,10H2,1H3. The lowest BCUT2D eigenvalue weighted by Gasteiger charge is -2.06. The van der Waals surface area contributed by atoms with E-state index in [0.717, 1.165) is 11.8 Å². The molecule has 1 N–H and O–H groups in total. The van der Waals surface area contributed by atoms with Crippen molar-refractivity contribution in [1.82, 2.24) is 14.8 Å². The van der Waals surface area contributed by atoms with Gasteiger partial charge in [-0.2, -0.15) is 0 Å². The van der Waals surface area contributed by atoms with E-state index >= 15 is 0 Å². The molecule has 0 saturated heterocycles. The summed E-state index contributed by atoms with van der Waals surface area (Å²) < 4.78 is 1.55. The molecule has 132 valence electrons. The van der Waals surface area contributed by atoms with Crippen LogP contribution in [0.2, 0.25) is 0 Å². The number of rotatable bonds is 6. The predicted molar refractivity (Wildman–Crippen MR) is 94.0 cm³/mol. The van der Waals surface area contributed by atoms with E-state index < -0.39 is 4.92 Å². The van der Waals surface area contributed by atoms with E-state index in [1.54, 1.807) is 48.0 Å². The molecule has 0 fully saturated rings. The molecule has 1 heterocycles. The molecule has 0 aliphatic heterocycles. The van der Waals surface area contributed by atoms with Crippen LogP contribution >= 0.6 is 11.8 Å². The first-order chi connectivity index (χ1) is 12.5. The number of nitrogens with zero attached hydrogens (tertiary/aromatic N) is 4. The van der Waals surface area contributed by atoms with Gasteiger partial charge in [0.25, 0.3) is 5.69 Å². The van der Waals surface area contributed by atoms with Crippen molar-refractivity contribution in [2.45, 2.75) is 16.7 Å². The largest absolute Gasteiger partial charge is 0.388 e. The second-order valence-corrected chi connectivity index (χ2v) is 6.36. The van der Waals surface area contributed by atoms with E-state index in [2.05, 4.69) is 10.2 Å². The zero-order valence-electron chi connectivity index (χ0n) is 13.7. The Kier molecular flexibility index (Phi) is 5.10. The van der Waals surface area contributed by atoms with Crippen LogP contribution in [0.4, 0.5) is 5.69 Å². The van der Waals surface area contributed by atoms with E-state index in [4.69, 9.17) is 5.11 Å². The van der Waals surface area contributed by atoms with Crippen LogP contribution in [0.1, 0.15) is 21.7 Å². The second kappa shape index (κ2) is 7.46. The monoisotopic (exact) mass is 370 g/mol.